The van der Waals surface area contributed by atoms with Gasteiger partial charge >= 0.3 is 0 Å². The molecule has 0 spiro atoms. The van der Waals surface area contributed by atoms with E-state index >= 15 is 0 Å². The van der Waals surface area contributed by atoms with Crippen LogP contribution in [0.3, 0.4) is 0 Å². The van der Waals surface area contributed by atoms with E-state index in [1.807, 2.05) is 5.38 Å². The van der Waals surface area contributed by atoms with Crippen molar-refractivity contribution in [2.24, 2.45) is 11.7 Å². The second-order valence-electron chi connectivity index (χ2n) is 5.98. The minimum atomic E-state index is -3.19. The number of sulfone groups is 1. The fourth-order valence-corrected chi connectivity index (χ4v) is 4.29. The second-order valence-corrected chi connectivity index (χ2v) is 8.83. The molecule has 1 amide bonds. The topological polar surface area (TPSA) is 93.4 Å². The molecule has 2 N–H and O–H groups in total. The molecular formula is C16H19N3O3S2. The summed E-state index contributed by atoms with van der Waals surface area (Å²) < 4.78 is 23.0. The van der Waals surface area contributed by atoms with Crippen LogP contribution in [0, 0.1) is 5.92 Å². The number of carbonyl (C=O) groups is 1. The molecule has 1 saturated heterocycles. The molecule has 0 aliphatic carbocycles. The zero-order chi connectivity index (χ0) is 17.3. The van der Waals surface area contributed by atoms with Gasteiger partial charge in [-0.15, -0.1) is 11.3 Å². The van der Waals surface area contributed by atoms with E-state index in [0.29, 0.717) is 4.90 Å². The van der Waals surface area contributed by atoms with Crippen LogP contribution in [0.1, 0.15) is 12.8 Å². The highest BCUT2D eigenvalue weighted by atomic mass is 32.2. The number of piperidine rings is 1. The van der Waals surface area contributed by atoms with Crippen LogP contribution in [0.15, 0.2) is 34.5 Å². The maximum absolute atomic E-state index is 11.5. The highest BCUT2D eigenvalue weighted by Gasteiger charge is 2.24. The summed E-state index contributed by atoms with van der Waals surface area (Å²) in [6, 6.07) is 6.74. The minimum Gasteiger partial charge on any atom is -0.369 e. The van der Waals surface area contributed by atoms with Gasteiger partial charge < -0.3 is 10.6 Å². The molecule has 2 aromatic rings. The van der Waals surface area contributed by atoms with Gasteiger partial charge in [-0.05, 0) is 25.0 Å². The van der Waals surface area contributed by atoms with Gasteiger partial charge in [0.15, 0.2) is 15.0 Å². The summed E-state index contributed by atoms with van der Waals surface area (Å²) in [5.74, 6) is -0.260. The molecule has 2 heterocycles. The molecule has 6 nitrogen and oxygen atoms in total. The molecule has 1 aromatic carbocycles. The Bertz CT molecular complexity index is 836. The molecule has 0 atom stereocenters. The Hall–Kier alpha value is -1.93. The molecule has 1 aromatic heterocycles. The molecule has 3 rings (SSSR count). The summed E-state index contributed by atoms with van der Waals surface area (Å²) in [5, 5.41) is 2.88. The number of amides is 1. The Balaban J connectivity index is 1.73. The summed E-state index contributed by atoms with van der Waals surface area (Å²) in [7, 11) is -3.19. The minimum absolute atomic E-state index is 0.0378. The largest absolute Gasteiger partial charge is 0.369 e. The zero-order valence-electron chi connectivity index (χ0n) is 13.3. The lowest BCUT2D eigenvalue weighted by Gasteiger charge is -2.30. The molecule has 0 unspecified atom stereocenters. The number of hydrogen-bond donors (Lipinski definition) is 1. The first-order valence-corrected chi connectivity index (χ1v) is 10.4. The van der Waals surface area contributed by atoms with Crippen molar-refractivity contribution in [2.75, 3.05) is 24.2 Å². The van der Waals surface area contributed by atoms with Crippen LogP contribution in [0.4, 0.5) is 5.13 Å². The third-order valence-corrected chi connectivity index (χ3v) is 6.27. The Morgan fingerprint density at radius 1 is 1.25 bits per heavy atom. The molecule has 1 aliphatic rings. The monoisotopic (exact) mass is 365 g/mol. The molecular weight excluding hydrogens is 346 g/mol. The maximum atomic E-state index is 11.5. The summed E-state index contributed by atoms with van der Waals surface area (Å²) in [5.41, 5.74) is 7.07. The Kier molecular flexibility index (Phi) is 4.60. The van der Waals surface area contributed by atoms with Crippen molar-refractivity contribution in [3.8, 4) is 11.3 Å². The van der Waals surface area contributed by atoms with Gasteiger partial charge in [-0.2, -0.15) is 0 Å². The number of hydrogen-bond acceptors (Lipinski definition) is 6. The van der Waals surface area contributed by atoms with Crippen LogP contribution in [0.2, 0.25) is 0 Å². The molecule has 1 aliphatic heterocycles. The number of benzene rings is 1. The Morgan fingerprint density at radius 2 is 1.88 bits per heavy atom. The SMILES string of the molecule is CS(=O)(=O)c1ccc(-c2csc(N3CCC(C(N)=O)CC3)n2)cc1. The molecule has 0 bridgehead atoms. The van der Waals surface area contributed by atoms with Gasteiger partial charge in [0.1, 0.15) is 0 Å². The highest BCUT2D eigenvalue weighted by molar-refractivity contribution is 7.90. The van der Waals surface area contributed by atoms with Gasteiger partial charge in [-0.1, -0.05) is 12.1 Å². The lowest BCUT2D eigenvalue weighted by Crippen LogP contribution is -2.38. The smallest absolute Gasteiger partial charge is 0.220 e. The van der Waals surface area contributed by atoms with E-state index in [-0.39, 0.29) is 11.8 Å². The van der Waals surface area contributed by atoms with Gasteiger partial charge in [0, 0.05) is 36.2 Å². The average Bonchev–Trinajstić information content (AvgIpc) is 3.04. The number of primary amides is 1. The van der Waals surface area contributed by atoms with Gasteiger partial charge in [0.2, 0.25) is 5.91 Å². The number of thiazole rings is 1. The molecule has 128 valence electrons. The van der Waals surface area contributed by atoms with E-state index < -0.39 is 9.84 Å². The van der Waals surface area contributed by atoms with Crippen molar-refractivity contribution in [1.29, 1.82) is 0 Å². The quantitative estimate of drug-likeness (QED) is 0.893. The van der Waals surface area contributed by atoms with Gasteiger partial charge in [-0.25, -0.2) is 13.4 Å². The molecule has 1 fully saturated rings. The highest BCUT2D eigenvalue weighted by Crippen LogP contribution is 2.30. The van der Waals surface area contributed by atoms with Crippen LogP contribution >= 0.6 is 11.3 Å². The Labute approximate surface area is 145 Å². The van der Waals surface area contributed by atoms with Crippen LogP contribution in [-0.2, 0) is 14.6 Å². The number of aromatic nitrogens is 1. The predicted octanol–water partition coefficient (Wildman–Crippen LogP) is 1.92. The first kappa shape index (κ1) is 16.9. The van der Waals surface area contributed by atoms with Crippen LogP contribution in [0.5, 0.6) is 0 Å². The van der Waals surface area contributed by atoms with Gasteiger partial charge in [-0.3, -0.25) is 4.79 Å². The number of nitrogens with two attached hydrogens (primary N) is 1. The number of nitrogens with zero attached hydrogens (tertiary/aromatic N) is 2. The van der Waals surface area contributed by atoms with E-state index in [4.69, 9.17) is 5.73 Å². The van der Waals surface area contributed by atoms with Crippen molar-refractivity contribution >= 4 is 32.2 Å². The maximum Gasteiger partial charge on any atom is 0.220 e. The van der Waals surface area contributed by atoms with Gasteiger partial charge in [0.05, 0.1) is 10.6 Å². The first-order valence-electron chi connectivity index (χ1n) is 7.65. The second kappa shape index (κ2) is 6.52. The summed E-state index contributed by atoms with van der Waals surface area (Å²) in [4.78, 5) is 18.3. The summed E-state index contributed by atoms with van der Waals surface area (Å²) >= 11 is 1.55. The van der Waals surface area contributed by atoms with E-state index in [0.717, 1.165) is 42.3 Å². The van der Waals surface area contributed by atoms with E-state index in [9.17, 15) is 13.2 Å². The van der Waals surface area contributed by atoms with E-state index in [1.165, 1.54) is 6.26 Å². The molecule has 0 radical (unpaired) electrons. The van der Waals surface area contributed by atoms with Crippen molar-refractivity contribution in [1.82, 2.24) is 4.98 Å². The number of anilines is 1. The zero-order valence-corrected chi connectivity index (χ0v) is 14.9. The third-order valence-electron chi connectivity index (χ3n) is 4.24. The number of rotatable bonds is 4. The number of carbonyl (C=O) groups excluding carboxylic acids is 1. The molecule has 24 heavy (non-hydrogen) atoms. The van der Waals surface area contributed by atoms with Crippen molar-refractivity contribution < 1.29 is 13.2 Å². The normalized spacial score (nSPS) is 16.3. The fourth-order valence-electron chi connectivity index (χ4n) is 2.77. The standard InChI is InChI=1S/C16H19N3O3S2/c1-24(21,22)13-4-2-11(3-5-13)14-10-23-16(18-14)19-8-6-12(7-9-19)15(17)20/h2-5,10,12H,6-9H2,1H3,(H2,17,20). The van der Waals surface area contributed by atoms with E-state index in [1.54, 1.807) is 35.6 Å². The van der Waals surface area contributed by atoms with Crippen LogP contribution < -0.4 is 10.6 Å². The third kappa shape index (κ3) is 3.59. The summed E-state index contributed by atoms with van der Waals surface area (Å²) in [6.45, 7) is 1.54. The lowest BCUT2D eigenvalue weighted by atomic mass is 9.97. The fraction of sp³-hybridized carbons (Fsp3) is 0.375. The first-order chi connectivity index (χ1) is 11.3. The summed E-state index contributed by atoms with van der Waals surface area (Å²) in [6.07, 6.45) is 2.71. The van der Waals surface area contributed by atoms with Gasteiger partial charge in [0.25, 0.3) is 0 Å². The van der Waals surface area contributed by atoms with Crippen LogP contribution in [-0.4, -0.2) is 38.7 Å². The Morgan fingerprint density at radius 3 is 2.42 bits per heavy atom. The molecule has 8 heteroatoms. The average molecular weight is 365 g/mol. The molecule has 0 saturated carbocycles. The van der Waals surface area contributed by atoms with Crippen LogP contribution in [0.25, 0.3) is 11.3 Å². The lowest BCUT2D eigenvalue weighted by molar-refractivity contribution is -0.122. The van der Waals surface area contributed by atoms with E-state index in [2.05, 4.69) is 9.88 Å². The van der Waals surface area contributed by atoms with Crippen molar-refractivity contribution in [3.05, 3.63) is 29.6 Å². The predicted molar refractivity (Wildman–Crippen MR) is 94.8 cm³/mol. The van der Waals surface area contributed by atoms with Crippen molar-refractivity contribution in [2.45, 2.75) is 17.7 Å². The van der Waals surface area contributed by atoms with Crippen molar-refractivity contribution in [3.63, 3.8) is 0 Å².